The predicted molar refractivity (Wildman–Crippen MR) is 127 cm³/mol. The van der Waals surface area contributed by atoms with E-state index in [1.807, 2.05) is 47.6 Å². The van der Waals surface area contributed by atoms with Gasteiger partial charge < -0.3 is 20.1 Å². The first-order valence-corrected chi connectivity index (χ1v) is 11.2. The largest absolute Gasteiger partial charge is 0.357 e. The maximum atomic E-state index is 11.9. The number of carbonyl (C=O) groups is 1. The van der Waals surface area contributed by atoms with Crippen molar-refractivity contribution in [3.8, 4) is 0 Å². The van der Waals surface area contributed by atoms with E-state index in [1.54, 1.807) is 0 Å². The molecule has 4 rings (SSSR count). The highest BCUT2D eigenvalue weighted by Crippen LogP contribution is 2.21. The Balaban J connectivity index is 1.36. The minimum Gasteiger partial charge on any atom is -0.357 e. The fraction of sp³-hybridized carbons (Fsp3) is 0.320. The van der Waals surface area contributed by atoms with Gasteiger partial charge in [-0.2, -0.15) is 0 Å². The zero-order valence-electron chi connectivity index (χ0n) is 18.5. The van der Waals surface area contributed by atoms with Crippen LogP contribution in [0.4, 0.5) is 5.69 Å². The smallest absolute Gasteiger partial charge is 0.227 e. The lowest BCUT2D eigenvalue weighted by Crippen LogP contribution is -2.37. The summed E-state index contributed by atoms with van der Waals surface area (Å²) < 4.78 is 2.14. The molecule has 0 bridgehead atoms. The van der Waals surface area contributed by atoms with Crippen LogP contribution in [0.2, 0.25) is 0 Å². The Hall–Kier alpha value is -3.61. The Kier molecular flexibility index (Phi) is 7.17. The molecule has 0 saturated carbocycles. The van der Waals surface area contributed by atoms with Gasteiger partial charge in [0.2, 0.25) is 5.91 Å². The van der Waals surface area contributed by atoms with Gasteiger partial charge in [-0.15, -0.1) is 0 Å². The molecular weight excluding hydrogens is 400 g/mol. The Labute approximate surface area is 189 Å². The molecular formula is C25H30N6O. The second kappa shape index (κ2) is 10.6. The molecule has 1 aliphatic heterocycles. The van der Waals surface area contributed by atoms with Crippen LogP contribution < -0.4 is 15.5 Å². The van der Waals surface area contributed by atoms with Crippen molar-refractivity contribution in [3.05, 3.63) is 83.9 Å². The van der Waals surface area contributed by atoms with Gasteiger partial charge in [0, 0.05) is 44.1 Å². The fourth-order valence-corrected chi connectivity index (χ4v) is 3.81. The summed E-state index contributed by atoms with van der Waals surface area (Å²) in [4.78, 5) is 23.0. The topological polar surface area (TPSA) is 74.6 Å². The van der Waals surface area contributed by atoms with Crippen molar-refractivity contribution in [1.82, 2.24) is 20.2 Å². The van der Waals surface area contributed by atoms with Crippen molar-refractivity contribution in [2.45, 2.75) is 39.4 Å². The highest BCUT2D eigenvalue weighted by molar-refractivity contribution is 5.95. The van der Waals surface area contributed by atoms with Crippen LogP contribution in [0.3, 0.4) is 0 Å². The molecule has 1 amide bonds. The highest BCUT2D eigenvalue weighted by atomic mass is 16.2. The number of carbonyl (C=O) groups excluding carboxylic acids is 1. The van der Waals surface area contributed by atoms with Crippen LogP contribution in [0.1, 0.15) is 36.7 Å². The molecule has 1 fully saturated rings. The number of benzene rings is 2. The number of amides is 1. The summed E-state index contributed by atoms with van der Waals surface area (Å²) in [5, 5.41) is 6.68. The molecule has 7 nitrogen and oxygen atoms in total. The fourth-order valence-electron chi connectivity index (χ4n) is 3.81. The van der Waals surface area contributed by atoms with Gasteiger partial charge in [0.05, 0.1) is 13.1 Å². The average Bonchev–Trinajstić information content (AvgIpc) is 3.45. The molecule has 32 heavy (non-hydrogen) atoms. The van der Waals surface area contributed by atoms with Crippen LogP contribution in [-0.2, 0) is 24.4 Å². The van der Waals surface area contributed by atoms with Crippen LogP contribution in [0.25, 0.3) is 0 Å². The molecule has 1 aliphatic rings. The minimum absolute atomic E-state index is 0.208. The lowest BCUT2D eigenvalue weighted by molar-refractivity contribution is -0.117. The maximum absolute atomic E-state index is 11.9. The first kappa shape index (κ1) is 21.6. The molecule has 2 N–H and O–H groups in total. The lowest BCUT2D eigenvalue weighted by Gasteiger charge is -2.16. The summed E-state index contributed by atoms with van der Waals surface area (Å²) in [7, 11) is 0. The summed E-state index contributed by atoms with van der Waals surface area (Å²) in [6.45, 7) is 5.57. The van der Waals surface area contributed by atoms with Crippen LogP contribution in [0.15, 0.2) is 72.0 Å². The monoisotopic (exact) mass is 430 g/mol. The Morgan fingerprint density at radius 1 is 1.06 bits per heavy atom. The molecule has 2 heterocycles. The molecule has 0 radical (unpaired) electrons. The molecule has 166 valence electrons. The number of rotatable bonds is 8. The molecule has 0 aliphatic carbocycles. The molecule has 3 aromatic rings. The zero-order valence-corrected chi connectivity index (χ0v) is 18.5. The third-order valence-electron chi connectivity index (χ3n) is 5.50. The number of imidazole rings is 1. The third-order valence-corrected chi connectivity index (χ3v) is 5.50. The van der Waals surface area contributed by atoms with Crippen molar-refractivity contribution in [2.75, 3.05) is 18.0 Å². The van der Waals surface area contributed by atoms with Crippen LogP contribution >= 0.6 is 0 Å². The SMILES string of the molecule is CCNC(=NCc1ccc(N2CCCC2=O)cc1)NCc1nccn1Cc1ccccc1. The molecule has 0 unspecified atom stereocenters. The van der Waals surface area contributed by atoms with E-state index in [9.17, 15) is 4.79 Å². The average molecular weight is 431 g/mol. The first-order valence-electron chi connectivity index (χ1n) is 11.2. The standard InChI is InChI=1S/C25H30N6O/c1-2-26-25(28-17-20-10-12-22(13-11-20)31-15-6-9-24(31)32)29-18-23-27-14-16-30(23)19-21-7-4-3-5-8-21/h3-5,7-8,10-14,16H,2,6,9,15,17-19H2,1H3,(H2,26,28,29). The van der Waals surface area contributed by atoms with Gasteiger partial charge in [-0.25, -0.2) is 9.98 Å². The maximum Gasteiger partial charge on any atom is 0.227 e. The van der Waals surface area contributed by atoms with Crippen LogP contribution in [0.5, 0.6) is 0 Å². The zero-order chi connectivity index (χ0) is 22.2. The van der Waals surface area contributed by atoms with Crippen molar-refractivity contribution in [2.24, 2.45) is 4.99 Å². The number of aliphatic imine (C=N–C) groups is 1. The normalized spacial score (nSPS) is 14.1. The quantitative estimate of drug-likeness (QED) is 0.425. The molecule has 0 atom stereocenters. The highest BCUT2D eigenvalue weighted by Gasteiger charge is 2.21. The molecule has 2 aromatic carbocycles. The van der Waals surface area contributed by atoms with Crippen molar-refractivity contribution in [3.63, 3.8) is 0 Å². The van der Waals surface area contributed by atoms with Crippen molar-refractivity contribution in [1.29, 1.82) is 0 Å². The summed E-state index contributed by atoms with van der Waals surface area (Å²) in [5.74, 6) is 1.92. The third kappa shape index (κ3) is 5.55. The van der Waals surface area contributed by atoms with E-state index >= 15 is 0 Å². The minimum atomic E-state index is 0.208. The van der Waals surface area contributed by atoms with Crippen LogP contribution in [0, 0.1) is 0 Å². The van der Waals surface area contributed by atoms with E-state index in [0.29, 0.717) is 19.5 Å². The van der Waals surface area contributed by atoms with E-state index in [2.05, 4.69) is 51.4 Å². The summed E-state index contributed by atoms with van der Waals surface area (Å²) in [6, 6.07) is 18.5. The number of guanidine groups is 1. The molecule has 1 aromatic heterocycles. The van der Waals surface area contributed by atoms with E-state index in [-0.39, 0.29) is 5.91 Å². The van der Waals surface area contributed by atoms with Gasteiger partial charge >= 0.3 is 0 Å². The number of nitrogens with zero attached hydrogens (tertiary/aromatic N) is 4. The second-order valence-electron chi connectivity index (χ2n) is 7.82. The van der Waals surface area contributed by atoms with Gasteiger partial charge in [0.25, 0.3) is 0 Å². The molecule has 0 spiro atoms. The summed E-state index contributed by atoms with van der Waals surface area (Å²) in [5.41, 5.74) is 3.31. The van der Waals surface area contributed by atoms with Gasteiger partial charge in [-0.05, 0) is 36.6 Å². The Bertz CT molecular complexity index is 1040. The second-order valence-corrected chi connectivity index (χ2v) is 7.82. The molecule has 1 saturated heterocycles. The number of anilines is 1. The van der Waals surface area contributed by atoms with Crippen molar-refractivity contribution >= 4 is 17.6 Å². The van der Waals surface area contributed by atoms with E-state index in [1.165, 1.54) is 5.56 Å². The van der Waals surface area contributed by atoms with Gasteiger partial charge in [0.1, 0.15) is 5.82 Å². The summed E-state index contributed by atoms with van der Waals surface area (Å²) in [6.07, 6.45) is 5.41. The van der Waals surface area contributed by atoms with Crippen LogP contribution in [-0.4, -0.2) is 34.5 Å². The number of hydrogen-bond donors (Lipinski definition) is 2. The predicted octanol–water partition coefficient (Wildman–Crippen LogP) is 3.31. The lowest BCUT2D eigenvalue weighted by atomic mass is 10.2. The number of aromatic nitrogens is 2. The van der Waals surface area contributed by atoms with Gasteiger partial charge in [0.15, 0.2) is 5.96 Å². The van der Waals surface area contributed by atoms with E-state index in [0.717, 1.165) is 49.1 Å². The van der Waals surface area contributed by atoms with Gasteiger partial charge in [-0.3, -0.25) is 4.79 Å². The Morgan fingerprint density at radius 3 is 2.59 bits per heavy atom. The van der Waals surface area contributed by atoms with E-state index in [4.69, 9.17) is 4.99 Å². The Morgan fingerprint density at radius 2 is 1.88 bits per heavy atom. The molecule has 7 heteroatoms. The number of nitrogens with one attached hydrogen (secondary N) is 2. The first-order chi connectivity index (χ1) is 15.7. The van der Waals surface area contributed by atoms with Gasteiger partial charge in [-0.1, -0.05) is 42.5 Å². The number of hydrogen-bond acceptors (Lipinski definition) is 3. The van der Waals surface area contributed by atoms with Crippen molar-refractivity contribution < 1.29 is 4.79 Å². The van der Waals surface area contributed by atoms with E-state index < -0.39 is 0 Å². The summed E-state index contributed by atoms with van der Waals surface area (Å²) >= 11 is 0.